The Hall–Kier alpha value is -3.26. The summed E-state index contributed by atoms with van der Waals surface area (Å²) in [6.07, 6.45) is 2.06. The first-order valence-corrected chi connectivity index (χ1v) is 11.0. The number of nitro benzene ring substituents is 1. The van der Waals surface area contributed by atoms with Crippen LogP contribution in [0.4, 0.5) is 10.5 Å². The van der Waals surface area contributed by atoms with Gasteiger partial charge in [0.25, 0.3) is 5.69 Å². The lowest BCUT2D eigenvalue weighted by atomic mass is 9.85. The van der Waals surface area contributed by atoms with Crippen molar-refractivity contribution in [1.29, 1.82) is 0 Å². The van der Waals surface area contributed by atoms with Crippen LogP contribution in [0.1, 0.15) is 54.8 Å². The van der Waals surface area contributed by atoms with E-state index >= 15 is 0 Å². The van der Waals surface area contributed by atoms with E-state index in [9.17, 15) is 14.9 Å². The maximum atomic E-state index is 11.9. The maximum absolute atomic E-state index is 11.9. The van der Waals surface area contributed by atoms with Gasteiger partial charge in [-0.2, -0.15) is 0 Å². The fourth-order valence-electron chi connectivity index (χ4n) is 3.38. The Balaban J connectivity index is 0.00000118. The predicted molar refractivity (Wildman–Crippen MR) is 125 cm³/mol. The number of carbonyl (C=O) groups excluding carboxylic acids is 1. The van der Waals surface area contributed by atoms with Crippen molar-refractivity contribution in [2.75, 3.05) is 0 Å². The fourth-order valence-corrected chi connectivity index (χ4v) is 4.49. The molecule has 170 valence electrons. The number of benzene rings is 2. The Bertz CT molecular complexity index is 1020. The zero-order valence-corrected chi connectivity index (χ0v) is 18.3. The van der Waals surface area contributed by atoms with Crippen molar-refractivity contribution >= 4 is 23.2 Å². The number of ether oxygens (including phenoxy) is 2. The number of hydrogen-bond donors (Lipinski definition) is 0. The van der Waals surface area contributed by atoms with Crippen LogP contribution >= 0.6 is 11.3 Å². The lowest BCUT2D eigenvalue weighted by Gasteiger charge is -2.21. The molecular weight excluding hydrogens is 428 g/mol. The highest BCUT2D eigenvalue weighted by atomic mass is 32.1. The van der Waals surface area contributed by atoms with Gasteiger partial charge >= 0.3 is 6.16 Å². The van der Waals surface area contributed by atoms with Crippen molar-refractivity contribution in [3.8, 4) is 5.75 Å². The summed E-state index contributed by atoms with van der Waals surface area (Å²) in [5.74, 6) is 0.676. The minimum atomic E-state index is -0.866. The van der Waals surface area contributed by atoms with Crippen LogP contribution in [-0.2, 0) is 24.2 Å². The van der Waals surface area contributed by atoms with Gasteiger partial charge in [0.05, 0.1) is 10.6 Å². The van der Waals surface area contributed by atoms with Crippen molar-refractivity contribution in [2.24, 2.45) is 0 Å². The van der Waals surface area contributed by atoms with Crippen LogP contribution in [0, 0.1) is 10.1 Å². The lowest BCUT2D eigenvalue weighted by Crippen LogP contribution is -2.11. The largest absolute Gasteiger partial charge is 0.514 e. The van der Waals surface area contributed by atoms with E-state index in [1.807, 2.05) is 19.9 Å². The number of aryl methyl sites for hydroxylation is 1. The Morgan fingerprint density at radius 3 is 2.50 bits per heavy atom. The van der Waals surface area contributed by atoms with Gasteiger partial charge in [-0.1, -0.05) is 51.6 Å². The van der Waals surface area contributed by atoms with Crippen LogP contribution in [0.25, 0.3) is 0 Å². The van der Waals surface area contributed by atoms with E-state index in [1.165, 1.54) is 34.7 Å². The molecule has 0 amide bonds. The summed E-state index contributed by atoms with van der Waals surface area (Å²) in [5.41, 5.74) is 2.36. The molecule has 1 aromatic heterocycles. The lowest BCUT2D eigenvalue weighted by molar-refractivity contribution is -0.384. The van der Waals surface area contributed by atoms with Gasteiger partial charge in [-0.15, -0.1) is 11.3 Å². The quantitative estimate of drug-likeness (QED) is 0.184. The van der Waals surface area contributed by atoms with Crippen LogP contribution in [0.15, 0.2) is 54.6 Å². The van der Waals surface area contributed by atoms with Crippen LogP contribution in [-0.4, -0.2) is 16.1 Å². The van der Waals surface area contributed by atoms with E-state index in [4.69, 9.17) is 9.47 Å². The number of rotatable bonds is 5. The van der Waals surface area contributed by atoms with E-state index in [0.29, 0.717) is 5.92 Å². The third-order valence-electron chi connectivity index (χ3n) is 4.82. The molecule has 0 saturated heterocycles. The number of thiazole rings is 1. The minimum Gasteiger partial charge on any atom is -0.427 e. The van der Waals surface area contributed by atoms with Gasteiger partial charge in [0.15, 0.2) is 0 Å². The molecule has 0 saturated carbocycles. The summed E-state index contributed by atoms with van der Waals surface area (Å²) in [4.78, 5) is 27.9. The molecular formula is C24H28N2O5S. The summed E-state index contributed by atoms with van der Waals surface area (Å²) in [7, 11) is 0. The Kier molecular flexibility index (Phi) is 9.34. The first-order valence-electron chi connectivity index (χ1n) is 10.2. The number of carbonyl (C=O) groups is 1. The number of aromatic nitrogens is 1. The second-order valence-corrected chi connectivity index (χ2v) is 7.89. The summed E-state index contributed by atoms with van der Waals surface area (Å²) < 4.78 is 10.2. The molecule has 1 unspecified atom stereocenters. The highest BCUT2D eigenvalue weighted by molar-refractivity contribution is 7.11. The minimum absolute atomic E-state index is 0. The predicted octanol–water partition coefficient (Wildman–Crippen LogP) is 6.70. The Morgan fingerprint density at radius 2 is 1.84 bits per heavy atom. The first kappa shape index (κ1) is 25.0. The molecule has 7 nitrogen and oxygen atoms in total. The summed E-state index contributed by atoms with van der Waals surface area (Å²) in [5, 5.41) is 11.4. The fraction of sp³-hybridized carbons (Fsp3) is 0.333. The van der Waals surface area contributed by atoms with Crippen molar-refractivity contribution in [2.45, 2.75) is 53.1 Å². The van der Waals surface area contributed by atoms with Crippen LogP contribution in [0.5, 0.6) is 5.75 Å². The molecule has 0 spiro atoms. The molecule has 4 rings (SSSR count). The zero-order valence-electron chi connectivity index (χ0n) is 17.4. The second-order valence-electron chi connectivity index (χ2n) is 6.72. The van der Waals surface area contributed by atoms with Crippen LogP contribution in [0.2, 0.25) is 0 Å². The van der Waals surface area contributed by atoms with Gasteiger partial charge in [0, 0.05) is 17.0 Å². The van der Waals surface area contributed by atoms with Crippen LogP contribution in [0.3, 0.4) is 0 Å². The van der Waals surface area contributed by atoms with Gasteiger partial charge in [-0.05, 0) is 42.9 Å². The molecule has 0 bridgehead atoms. The highest BCUT2D eigenvalue weighted by Crippen LogP contribution is 2.35. The zero-order chi connectivity index (χ0) is 22.2. The number of fused-ring (bicyclic) bond motifs is 1. The normalized spacial score (nSPS) is 14.1. The van der Waals surface area contributed by atoms with E-state index in [2.05, 4.69) is 29.2 Å². The molecule has 1 aliphatic rings. The summed E-state index contributed by atoms with van der Waals surface area (Å²) in [6.45, 7) is 4.04. The van der Waals surface area contributed by atoms with Crippen molar-refractivity contribution in [3.05, 3.63) is 85.9 Å². The third kappa shape index (κ3) is 6.37. The average molecular weight is 457 g/mol. The third-order valence-corrected chi connectivity index (χ3v) is 5.91. The summed E-state index contributed by atoms with van der Waals surface area (Å²) in [6, 6.07) is 15.7. The molecule has 0 fully saturated rings. The van der Waals surface area contributed by atoms with Crippen molar-refractivity contribution in [3.63, 3.8) is 0 Å². The highest BCUT2D eigenvalue weighted by Gasteiger charge is 2.24. The van der Waals surface area contributed by atoms with E-state index in [-0.39, 0.29) is 25.5 Å². The second kappa shape index (κ2) is 12.0. The van der Waals surface area contributed by atoms with E-state index < -0.39 is 11.1 Å². The topological polar surface area (TPSA) is 91.6 Å². The molecule has 1 aliphatic carbocycles. The molecule has 8 heteroatoms. The molecule has 1 heterocycles. The van der Waals surface area contributed by atoms with Crippen molar-refractivity contribution < 1.29 is 19.2 Å². The first-order chi connectivity index (χ1) is 15.1. The van der Waals surface area contributed by atoms with Gasteiger partial charge in [0.2, 0.25) is 0 Å². The molecule has 0 radical (unpaired) electrons. The van der Waals surface area contributed by atoms with Crippen molar-refractivity contribution in [1.82, 2.24) is 4.98 Å². The number of nitro groups is 1. The Labute approximate surface area is 192 Å². The molecule has 0 aliphatic heterocycles. The molecule has 0 N–H and O–H groups in total. The summed E-state index contributed by atoms with van der Waals surface area (Å²) >= 11 is 1.57. The number of non-ortho nitro benzene ring substituents is 1. The monoisotopic (exact) mass is 456 g/mol. The van der Waals surface area contributed by atoms with Gasteiger partial charge < -0.3 is 9.47 Å². The molecule has 1 atom stereocenters. The van der Waals surface area contributed by atoms with Gasteiger partial charge in [0.1, 0.15) is 17.4 Å². The number of hydrogen-bond acceptors (Lipinski definition) is 7. The van der Waals surface area contributed by atoms with E-state index in [0.717, 1.165) is 30.0 Å². The van der Waals surface area contributed by atoms with Gasteiger partial charge in [-0.25, -0.2) is 9.78 Å². The van der Waals surface area contributed by atoms with Crippen LogP contribution < -0.4 is 4.74 Å². The number of nitrogens with zero attached hydrogens (tertiary/aromatic N) is 2. The SMILES string of the molecule is C.CC.O=C(OCc1nc2c(s1)CC(c1ccccc1)CC2)Oc1ccc([N+](=O)[O-])cc1. The molecule has 2 aromatic carbocycles. The molecule has 3 aromatic rings. The Morgan fingerprint density at radius 1 is 1.16 bits per heavy atom. The van der Waals surface area contributed by atoms with E-state index in [1.54, 1.807) is 11.3 Å². The molecule has 32 heavy (non-hydrogen) atoms. The average Bonchev–Trinajstić information content (AvgIpc) is 3.22. The maximum Gasteiger partial charge on any atom is 0.514 e. The standard InChI is InChI=1S/C21H18N2O5S.C2H6.CH4/c24-21(28-17-9-7-16(8-10-17)23(25)26)27-13-20-22-18-11-6-15(12-19(18)29-20)14-4-2-1-3-5-14;1-2;/h1-5,7-10,15H,6,11-13H2;1-2H3;1H4. The van der Waals surface area contributed by atoms with Gasteiger partial charge in [-0.3, -0.25) is 10.1 Å². The smallest absolute Gasteiger partial charge is 0.427 e.